The highest BCUT2D eigenvalue weighted by atomic mass is 16.7. The highest BCUT2D eigenvalue weighted by Gasteiger charge is 2.52. The molecule has 2 aliphatic rings. The molecule has 2 fully saturated rings. The van der Waals surface area contributed by atoms with E-state index in [1.54, 1.807) is 0 Å². The summed E-state index contributed by atoms with van der Waals surface area (Å²) in [5.41, 5.74) is 0.204. The van der Waals surface area contributed by atoms with Crippen molar-refractivity contribution in [2.45, 2.75) is 64.2 Å². The summed E-state index contributed by atoms with van der Waals surface area (Å²) in [5.74, 6) is 0.152. The molecule has 2 heterocycles. The minimum atomic E-state index is -0.376. The Bertz CT molecular complexity index is 580. The molecule has 1 aliphatic heterocycles. The SMILES string of the molecule is CC1(n2cc(B3OC(C)(C)C(C)(C)O3)cn2)CC(C#N)C1. The number of rotatable bonds is 2. The van der Waals surface area contributed by atoms with E-state index in [1.807, 2.05) is 44.8 Å². The summed E-state index contributed by atoms with van der Waals surface area (Å²) in [6.07, 6.45) is 5.52. The summed E-state index contributed by atoms with van der Waals surface area (Å²) in [5, 5.41) is 13.4. The molecule has 1 aromatic heterocycles. The van der Waals surface area contributed by atoms with Gasteiger partial charge in [-0.3, -0.25) is 4.68 Å². The monoisotopic (exact) mass is 287 g/mol. The van der Waals surface area contributed by atoms with Gasteiger partial charge in [-0.25, -0.2) is 0 Å². The average Bonchev–Trinajstić information content (AvgIpc) is 2.89. The molecule has 0 aromatic carbocycles. The van der Waals surface area contributed by atoms with Crippen molar-refractivity contribution < 1.29 is 9.31 Å². The van der Waals surface area contributed by atoms with Crippen LogP contribution in [0.15, 0.2) is 12.4 Å². The molecule has 112 valence electrons. The maximum absolute atomic E-state index is 8.94. The first-order valence-electron chi connectivity index (χ1n) is 7.47. The predicted molar refractivity (Wildman–Crippen MR) is 79.9 cm³/mol. The fourth-order valence-electron chi connectivity index (χ4n) is 3.01. The second-order valence-electron chi connectivity index (χ2n) is 7.54. The minimum Gasteiger partial charge on any atom is -0.399 e. The van der Waals surface area contributed by atoms with Gasteiger partial charge in [-0.05, 0) is 47.5 Å². The van der Waals surface area contributed by atoms with Crippen LogP contribution >= 0.6 is 0 Å². The van der Waals surface area contributed by atoms with Crippen LogP contribution in [0.2, 0.25) is 0 Å². The highest BCUT2D eigenvalue weighted by molar-refractivity contribution is 6.62. The Labute approximate surface area is 126 Å². The molecule has 5 nitrogen and oxygen atoms in total. The second-order valence-corrected chi connectivity index (χ2v) is 7.54. The highest BCUT2D eigenvalue weighted by Crippen LogP contribution is 2.42. The molecule has 0 amide bonds. The van der Waals surface area contributed by atoms with E-state index in [0.29, 0.717) is 0 Å². The standard InChI is InChI=1S/C15H22BN3O2/c1-13(2)14(3,4)21-16(20-13)12-9-18-19(10-12)15(5)6-11(7-15)8-17/h9-11H,6-7H2,1-5H3. The third-order valence-electron chi connectivity index (χ3n) is 5.24. The van der Waals surface area contributed by atoms with Crippen molar-refractivity contribution in [1.82, 2.24) is 9.78 Å². The van der Waals surface area contributed by atoms with Gasteiger partial charge in [0.05, 0.1) is 28.7 Å². The Balaban J connectivity index is 1.77. The first-order chi connectivity index (χ1) is 9.67. The van der Waals surface area contributed by atoms with Crippen LogP contribution in [0.4, 0.5) is 0 Å². The quantitative estimate of drug-likeness (QED) is 0.779. The van der Waals surface area contributed by atoms with Crippen LogP contribution in [0.5, 0.6) is 0 Å². The van der Waals surface area contributed by atoms with Gasteiger partial charge in [0, 0.05) is 17.9 Å². The molecular formula is C15H22BN3O2. The Hall–Kier alpha value is -1.32. The zero-order chi connectivity index (χ0) is 15.5. The van der Waals surface area contributed by atoms with Crippen LogP contribution in [-0.2, 0) is 14.8 Å². The number of hydrogen-bond acceptors (Lipinski definition) is 4. The third-order valence-corrected chi connectivity index (χ3v) is 5.24. The Morgan fingerprint density at radius 2 is 1.81 bits per heavy atom. The maximum Gasteiger partial charge on any atom is 0.498 e. The van der Waals surface area contributed by atoms with E-state index >= 15 is 0 Å². The lowest BCUT2D eigenvalue weighted by Gasteiger charge is -2.42. The van der Waals surface area contributed by atoms with Crippen molar-refractivity contribution in [3.05, 3.63) is 12.4 Å². The molecule has 0 radical (unpaired) electrons. The van der Waals surface area contributed by atoms with Crippen molar-refractivity contribution >= 4 is 12.6 Å². The molecule has 0 atom stereocenters. The van der Waals surface area contributed by atoms with Crippen molar-refractivity contribution in [3.63, 3.8) is 0 Å². The normalized spacial score (nSPS) is 33.5. The summed E-state index contributed by atoms with van der Waals surface area (Å²) >= 11 is 0. The number of hydrogen-bond donors (Lipinski definition) is 0. The number of nitriles is 1. The average molecular weight is 287 g/mol. The Morgan fingerprint density at radius 1 is 1.24 bits per heavy atom. The van der Waals surface area contributed by atoms with Crippen LogP contribution in [-0.4, -0.2) is 28.1 Å². The van der Waals surface area contributed by atoms with E-state index in [0.717, 1.165) is 18.3 Å². The van der Waals surface area contributed by atoms with Gasteiger partial charge >= 0.3 is 7.12 Å². The van der Waals surface area contributed by atoms with E-state index in [-0.39, 0.29) is 29.8 Å². The van der Waals surface area contributed by atoms with Gasteiger partial charge in [0.2, 0.25) is 0 Å². The van der Waals surface area contributed by atoms with Crippen molar-refractivity contribution in [1.29, 1.82) is 5.26 Å². The molecule has 6 heteroatoms. The lowest BCUT2D eigenvalue weighted by atomic mass is 9.70. The summed E-state index contributed by atoms with van der Waals surface area (Å²) in [6.45, 7) is 10.3. The molecule has 0 N–H and O–H groups in total. The van der Waals surface area contributed by atoms with Gasteiger partial charge < -0.3 is 9.31 Å². The van der Waals surface area contributed by atoms with E-state index < -0.39 is 0 Å². The number of aromatic nitrogens is 2. The molecule has 0 bridgehead atoms. The zero-order valence-corrected chi connectivity index (χ0v) is 13.4. The zero-order valence-electron chi connectivity index (χ0n) is 13.4. The molecule has 1 saturated heterocycles. The van der Waals surface area contributed by atoms with Gasteiger partial charge in [-0.1, -0.05) is 0 Å². The second kappa shape index (κ2) is 4.34. The fourth-order valence-corrected chi connectivity index (χ4v) is 3.01. The van der Waals surface area contributed by atoms with Gasteiger partial charge in [-0.15, -0.1) is 0 Å². The van der Waals surface area contributed by atoms with E-state index in [9.17, 15) is 0 Å². The summed E-state index contributed by atoms with van der Waals surface area (Å²) < 4.78 is 14.0. The summed E-state index contributed by atoms with van der Waals surface area (Å²) in [4.78, 5) is 0. The fraction of sp³-hybridized carbons (Fsp3) is 0.733. The van der Waals surface area contributed by atoms with E-state index in [2.05, 4.69) is 18.1 Å². The van der Waals surface area contributed by atoms with Gasteiger partial charge in [0.1, 0.15) is 0 Å². The van der Waals surface area contributed by atoms with Crippen LogP contribution in [0, 0.1) is 17.2 Å². The summed E-state index contributed by atoms with van der Waals surface area (Å²) in [7, 11) is -0.376. The van der Waals surface area contributed by atoms with Crippen molar-refractivity contribution in [2.24, 2.45) is 5.92 Å². The minimum absolute atomic E-state index is 0.0533. The molecule has 21 heavy (non-hydrogen) atoms. The maximum atomic E-state index is 8.94. The van der Waals surface area contributed by atoms with E-state index in [4.69, 9.17) is 14.6 Å². The van der Waals surface area contributed by atoms with Crippen LogP contribution in [0.1, 0.15) is 47.5 Å². The first-order valence-corrected chi connectivity index (χ1v) is 7.47. The van der Waals surface area contributed by atoms with Gasteiger partial charge in [-0.2, -0.15) is 10.4 Å². The van der Waals surface area contributed by atoms with Crippen LogP contribution < -0.4 is 5.46 Å². The molecule has 1 saturated carbocycles. The molecule has 0 unspecified atom stereocenters. The molecule has 1 aliphatic carbocycles. The first kappa shape index (κ1) is 14.6. The topological polar surface area (TPSA) is 60.1 Å². The largest absolute Gasteiger partial charge is 0.498 e. The lowest BCUT2D eigenvalue weighted by molar-refractivity contribution is 0.00578. The Morgan fingerprint density at radius 3 is 2.33 bits per heavy atom. The predicted octanol–water partition coefficient (Wildman–Crippen LogP) is 1.83. The van der Waals surface area contributed by atoms with Crippen molar-refractivity contribution in [2.75, 3.05) is 0 Å². The smallest absolute Gasteiger partial charge is 0.399 e. The Kier molecular flexibility index (Phi) is 3.02. The van der Waals surface area contributed by atoms with Crippen molar-refractivity contribution in [3.8, 4) is 6.07 Å². The van der Waals surface area contributed by atoms with Crippen LogP contribution in [0.25, 0.3) is 0 Å². The molecule has 1 aromatic rings. The van der Waals surface area contributed by atoms with E-state index in [1.165, 1.54) is 0 Å². The van der Waals surface area contributed by atoms with Crippen LogP contribution in [0.3, 0.4) is 0 Å². The number of nitrogens with zero attached hydrogens (tertiary/aromatic N) is 3. The molecule has 0 spiro atoms. The van der Waals surface area contributed by atoms with Gasteiger partial charge in [0.15, 0.2) is 0 Å². The van der Waals surface area contributed by atoms with Gasteiger partial charge in [0.25, 0.3) is 0 Å². The molecular weight excluding hydrogens is 265 g/mol. The molecule has 3 rings (SSSR count). The summed E-state index contributed by atoms with van der Waals surface area (Å²) in [6, 6.07) is 2.32. The lowest BCUT2D eigenvalue weighted by Crippen LogP contribution is -2.44. The third kappa shape index (κ3) is 2.19.